The zero-order chi connectivity index (χ0) is 20.7. The van der Waals surface area contributed by atoms with Crippen LogP contribution in [0.15, 0.2) is 0 Å². The van der Waals surface area contributed by atoms with Crippen LogP contribution in [0.2, 0.25) is 0 Å². The lowest BCUT2D eigenvalue weighted by atomic mass is 9.85. The van der Waals surface area contributed by atoms with Crippen LogP contribution in [0.1, 0.15) is 156 Å². The summed E-state index contributed by atoms with van der Waals surface area (Å²) in [6, 6.07) is 0. The maximum absolute atomic E-state index is 3.32. The average molecular weight is 391 g/mol. The summed E-state index contributed by atoms with van der Waals surface area (Å²) in [7, 11) is 0. The maximum Gasteiger partial charge on any atom is 0.00886 e. The van der Waals surface area contributed by atoms with Gasteiger partial charge in [-0.2, -0.15) is 0 Å². The summed E-state index contributed by atoms with van der Waals surface area (Å²) >= 11 is 0. The minimum Gasteiger partial charge on any atom is -0.103 e. The molecule has 0 radical (unpaired) electrons. The van der Waals surface area contributed by atoms with E-state index >= 15 is 0 Å². The molecule has 0 aromatic heterocycles. The van der Waals surface area contributed by atoms with Crippen molar-refractivity contribution in [2.45, 2.75) is 156 Å². The van der Waals surface area contributed by atoms with E-state index in [1.165, 1.54) is 116 Å². The molecule has 0 heteroatoms. The molecule has 1 unspecified atom stereocenters. The molecule has 0 spiro atoms. The van der Waals surface area contributed by atoms with Crippen LogP contribution in [0, 0.1) is 23.7 Å². The lowest BCUT2D eigenvalue weighted by Crippen LogP contribution is -2.08. The number of rotatable bonds is 20. The van der Waals surface area contributed by atoms with Gasteiger partial charge in [-0.25, -0.2) is 0 Å². The van der Waals surface area contributed by atoms with E-state index in [9.17, 15) is 0 Å². The first-order valence-electron chi connectivity index (χ1n) is 13.2. The summed E-state index contributed by atoms with van der Waals surface area (Å²) in [5.41, 5.74) is 0. The van der Waals surface area contributed by atoms with E-state index in [1.54, 1.807) is 0 Å². The Labute approximate surface area is 180 Å². The van der Waals surface area contributed by atoms with Crippen molar-refractivity contribution in [1.82, 2.24) is 0 Å². The van der Waals surface area contributed by atoms with Crippen LogP contribution in [0.4, 0.5) is 0 Å². The molecule has 0 N–H and O–H groups in total. The van der Waals surface area contributed by atoms with E-state index in [1.807, 2.05) is 0 Å². The van der Waals surface area contributed by atoms with E-state index in [0.717, 1.165) is 24.7 Å². The zero-order valence-corrected chi connectivity index (χ0v) is 20.3. The smallest absolute Gasteiger partial charge is 0.00886 e. The first kappa shape index (κ1) is 27.6. The summed E-state index contributed by atoms with van der Waals surface area (Å²) in [5, 5.41) is 0. The van der Waals surface area contributed by atoms with Gasteiger partial charge in [0.2, 0.25) is 0 Å². The van der Waals surface area contributed by atoms with Crippen molar-refractivity contribution in [3.8, 4) is 11.8 Å². The predicted octanol–water partition coefficient (Wildman–Crippen LogP) is 10.1. The summed E-state index contributed by atoms with van der Waals surface area (Å²) in [5.74, 6) is 8.41. The summed E-state index contributed by atoms with van der Waals surface area (Å²) < 4.78 is 0. The Bertz CT molecular complexity index is 343. The van der Waals surface area contributed by atoms with Crippen LogP contribution in [0.25, 0.3) is 0 Å². The van der Waals surface area contributed by atoms with Gasteiger partial charge in [-0.05, 0) is 24.7 Å². The quantitative estimate of drug-likeness (QED) is 0.143. The Hall–Kier alpha value is -0.440. The Kier molecular flexibility index (Phi) is 22.5. The van der Waals surface area contributed by atoms with Crippen molar-refractivity contribution < 1.29 is 0 Å². The average Bonchev–Trinajstić information content (AvgIpc) is 2.68. The molecule has 0 saturated heterocycles. The molecule has 0 fully saturated rings. The van der Waals surface area contributed by atoms with E-state index in [2.05, 4.69) is 39.5 Å². The molecular weight excluding hydrogens is 336 g/mol. The van der Waals surface area contributed by atoms with Gasteiger partial charge < -0.3 is 0 Å². The predicted molar refractivity (Wildman–Crippen MR) is 130 cm³/mol. The molecule has 0 aromatic rings. The molecule has 166 valence electrons. The van der Waals surface area contributed by atoms with E-state index in [4.69, 9.17) is 0 Å². The lowest BCUT2D eigenvalue weighted by Gasteiger charge is -2.20. The van der Waals surface area contributed by atoms with E-state index in [-0.39, 0.29) is 0 Å². The van der Waals surface area contributed by atoms with Crippen LogP contribution in [0.5, 0.6) is 0 Å². The highest BCUT2D eigenvalue weighted by atomic mass is 14.2. The van der Waals surface area contributed by atoms with E-state index < -0.39 is 0 Å². The maximum atomic E-state index is 3.32. The largest absolute Gasteiger partial charge is 0.103 e. The third-order valence-corrected chi connectivity index (χ3v) is 6.25. The van der Waals surface area contributed by atoms with Crippen molar-refractivity contribution in [2.24, 2.45) is 11.8 Å². The molecule has 1 atom stereocenters. The fourth-order valence-corrected chi connectivity index (χ4v) is 4.16. The minimum absolute atomic E-state index is 0.858. The van der Waals surface area contributed by atoms with Crippen molar-refractivity contribution in [3.05, 3.63) is 0 Å². The second-order valence-electron chi connectivity index (χ2n) is 9.38. The molecule has 0 aliphatic carbocycles. The molecule has 0 heterocycles. The first-order valence-corrected chi connectivity index (χ1v) is 13.2. The molecule has 0 rings (SSSR count). The first-order chi connectivity index (χ1) is 13.7. The molecule has 0 bridgehead atoms. The second-order valence-corrected chi connectivity index (χ2v) is 9.38. The van der Waals surface area contributed by atoms with Crippen LogP contribution >= 0.6 is 0 Å². The summed E-state index contributed by atoms with van der Waals surface area (Å²) in [4.78, 5) is 0. The second kappa shape index (κ2) is 22.8. The van der Waals surface area contributed by atoms with Crippen LogP contribution in [-0.2, 0) is 0 Å². The van der Waals surface area contributed by atoms with Crippen LogP contribution in [-0.4, -0.2) is 0 Å². The molecule has 0 aromatic carbocycles. The van der Waals surface area contributed by atoms with Crippen molar-refractivity contribution >= 4 is 0 Å². The van der Waals surface area contributed by atoms with Crippen LogP contribution in [0.3, 0.4) is 0 Å². The molecule has 28 heavy (non-hydrogen) atoms. The van der Waals surface area contributed by atoms with E-state index in [0.29, 0.717) is 0 Å². The van der Waals surface area contributed by atoms with Gasteiger partial charge in [0.25, 0.3) is 0 Å². The highest BCUT2D eigenvalue weighted by Gasteiger charge is 2.12. The number of unbranched alkanes of at least 4 members (excludes halogenated alkanes) is 15. The van der Waals surface area contributed by atoms with Gasteiger partial charge in [-0.15, -0.1) is 11.8 Å². The molecule has 0 amide bonds. The Balaban J connectivity index is 3.48. The molecule has 0 aliphatic heterocycles. The fraction of sp³-hybridized carbons (Fsp3) is 0.929. The molecule has 0 aliphatic rings. The normalized spacial score (nSPS) is 12.2. The van der Waals surface area contributed by atoms with Gasteiger partial charge in [0.1, 0.15) is 0 Å². The third kappa shape index (κ3) is 20.3. The Morgan fingerprint density at radius 2 is 0.893 bits per heavy atom. The molecule has 0 saturated carbocycles. The Morgan fingerprint density at radius 3 is 1.36 bits per heavy atom. The highest BCUT2D eigenvalue weighted by Crippen LogP contribution is 2.25. The SMILES string of the molecule is CCCC#CCCCCCC(CCCCCCCCCCCCCC)C(C)C. The number of hydrogen-bond donors (Lipinski definition) is 0. The summed E-state index contributed by atoms with van der Waals surface area (Å²) in [6.07, 6.45) is 27.9. The topological polar surface area (TPSA) is 0 Å². The van der Waals surface area contributed by atoms with Crippen molar-refractivity contribution in [1.29, 1.82) is 0 Å². The lowest BCUT2D eigenvalue weighted by molar-refractivity contribution is 0.313. The third-order valence-electron chi connectivity index (χ3n) is 6.25. The minimum atomic E-state index is 0.858. The Morgan fingerprint density at radius 1 is 0.464 bits per heavy atom. The molecule has 0 nitrogen and oxygen atoms in total. The van der Waals surface area contributed by atoms with Crippen molar-refractivity contribution in [3.63, 3.8) is 0 Å². The van der Waals surface area contributed by atoms with Gasteiger partial charge in [0.15, 0.2) is 0 Å². The number of hydrogen-bond acceptors (Lipinski definition) is 0. The molecular formula is C28H54. The van der Waals surface area contributed by atoms with Gasteiger partial charge in [0.05, 0.1) is 0 Å². The van der Waals surface area contributed by atoms with Gasteiger partial charge >= 0.3 is 0 Å². The fourth-order valence-electron chi connectivity index (χ4n) is 4.16. The summed E-state index contributed by atoms with van der Waals surface area (Å²) in [6.45, 7) is 9.37. The van der Waals surface area contributed by atoms with Crippen LogP contribution < -0.4 is 0 Å². The zero-order valence-electron chi connectivity index (χ0n) is 20.3. The van der Waals surface area contributed by atoms with Gasteiger partial charge in [-0.3, -0.25) is 0 Å². The highest BCUT2D eigenvalue weighted by molar-refractivity contribution is 4.98. The standard InChI is InChI=1S/C28H54/c1-5-7-9-11-13-15-16-17-18-20-22-24-26-28(27(3)4)25-23-21-19-14-12-10-8-6-2/h27-28H,5-9,11,13-26H2,1-4H3. The van der Waals surface area contributed by atoms with Crippen molar-refractivity contribution in [2.75, 3.05) is 0 Å². The monoisotopic (exact) mass is 390 g/mol. The van der Waals surface area contributed by atoms with Gasteiger partial charge in [0, 0.05) is 12.8 Å². The van der Waals surface area contributed by atoms with Gasteiger partial charge in [-0.1, -0.05) is 130 Å².